The lowest BCUT2D eigenvalue weighted by atomic mass is 10.0. The van der Waals surface area contributed by atoms with E-state index in [1.165, 1.54) is 148 Å². The van der Waals surface area contributed by atoms with Crippen LogP contribution in [0.15, 0.2) is 72.9 Å². The molecule has 0 aromatic rings. The van der Waals surface area contributed by atoms with E-state index in [0.717, 1.165) is 122 Å². The third-order valence-corrected chi connectivity index (χ3v) is 13.5. The van der Waals surface area contributed by atoms with Gasteiger partial charge in [0, 0.05) is 19.3 Å². The molecule has 0 spiro atoms. The average molecular weight is 1010 g/mol. The lowest BCUT2D eigenvalue weighted by molar-refractivity contribution is -0.167. The molecule has 1 atom stereocenters. The van der Waals surface area contributed by atoms with Crippen LogP contribution >= 0.6 is 0 Å². The molecule has 6 heteroatoms. The minimum absolute atomic E-state index is 0.0826. The van der Waals surface area contributed by atoms with E-state index in [-0.39, 0.29) is 31.1 Å². The molecule has 0 fully saturated rings. The van der Waals surface area contributed by atoms with Gasteiger partial charge in [-0.25, -0.2) is 0 Å². The Balaban J connectivity index is 4.34. The molecule has 0 aliphatic carbocycles. The molecular formula is C66H116O6. The molecule has 72 heavy (non-hydrogen) atoms. The van der Waals surface area contributed by atoms with Crippen LogP contribution in [0, 0.1) is 0 Å². The third-order valence-electron chi connectivity index (χ3n) is 13.5. The van der Waals surface area contributed by atoms with Gasteiger partial charge in [0.25, 0.3) is 0 Å². The Morgan fingerprint density at radius 1 is 0.292 bits per heavy atom. The molecule has 0 bridgehead atoms. The van der Waals surface area contributed by atoms with Gasteiger partial charge in [0.15, 0.2) is 6.10 Å². The fourth-order valence-corrected chi connectivity index (χ4v) is 8.89. The maximum absolute atomic E-state index is 12.9. The first-order chi connectivity index (χ1) is 35.5. The second-order valence-corrected chi connectivity index (χ2v) is 20.6. The van der Waals surface area contributed by atoms with Crippen molar-refractivity contribution < 1.29 is 28.6 Å². The number of esters is 3. The van der Waals surface area contributed by atoms with Gasteiger partial charge in [-0.05, 0) is 83.5 Å². The van der Waals surface area contributed by atoms with Crippen molar-refractivity contribution in [2.24, 2.45) is 0 Å². The second kappa shape index (κ2) is 60.4. The van der Waals surface area contributed by atoms with Crippen LogP contribution in [0.25, 0.3) is 0 Å². The van der Waals surface area contributed by atoms with Crippen LogP contribution in [0.2, 0.25) is 0 Å². The zero-order chi connectivity index (χ0) is 52.2. The van der Waals surface area contributed by atoms with Gasteiger partial charge in [-0.15, -0.1) is 0 Å². The molecule has 0 aromatic carbocycles. The topological polar surface area (TPSA) is 78.9 Å². The van der Waals surface area contributed by atoms with Gasteiger partial charge >= 0.3 is 17.9 Å². The standard InChI is InChI=1S/C66H116O6/c1-4-7-10-13-16-19-22-25-28-30-31-32-33-34-36-38-41-44-47-50-53-56-59-65(68)71-62-63(61-70-64(67)58-55-52-49-46-43-40-37-27-24-21-18-15-12-9-6-3)72-66(69)60-57-54-51-48-45-42-39-35-29-26-23-20-17-14-11-8-5-2/h8-9,11-12,17-18,20-21,26-27,29,37,63H,4-7,10,13-16,19,22-25,28,30-36,38-62H2,1-3H3/b11-8-,12-9-,20-17-,21-18-,29-26-,37-27-. The summed E-state index contributed by atoms with van der Waals surface area (Å²) in [6.07, 6.45) is 77.6. The van der Waals surface area contributed by atoms with Crippen LogP contribution < -0.4 is 0 Å². The summed E-state index contributed by atoms with van der Waals surface area (Å²) in [5, 5.41) is 0. The summed E-state index contributed by atoms with van der Waals surface area (Å²) in [4.78, 5) is 38.3. The SMILES string of the molecule is CC/C=C\C/C=C\C/C=C\CCCCCCCCCC(=O)OC(COC(=O)CCCCCCC/C=C\C/C=C\C/C=C\CC)COC(=O)CCCCCCCCCCCCCCCCCCCCCCCC. The van der Waals surface area contributed by atoms with E-state index < -0.39 is 6.10 Å². The molecule has 0 heterocycles. The van der Waals surface area contributed by atoms with E-state index in [4.69, 9.17) is 14.2 Å². The molecule has 416 valence electrons. The van der Waals surface area contributed by atoms with Crippen molar-refractivity contribution in [3.8, 4) is 0 Å². The van der Waals surface area contributed by atoms with E-state index in [0.29, 0.717) is 19.3 Å². The van der Waals surface area contributed by atoms with E-state index in [2.05, 4.69) is 93.7 Å². The molecule has 0 aliphatic heterocycles. The van der Waals surface area contributed by atoms with Crippen LogP contribution in [-0.2, 0) is 28.6 Å². The Labute approximate surface area is 446 Å². The number of ether oxygens (including phenoxy) is 3. The van der Waals surface area contributed by atoms with Gasteiger partial charge in [-0.3, -0.25) is 14.4 Å². The first kappa shape index (κ1) is 68.8. The summed E-state index contributed by atoms with van der Waals surface area (Å²) < 4.78 is 16.9. The molecule has 0 aliphatic rings. The van der Waals surface area contributed by atoms with Crippen molar-refractivity contribution in [1.29, 1.82) is 0 Å². The molecule has 0 N–H and O–H groups in total. The van der Waals surface area contributed by atoms with Gasteiger partial charge in [-0.2, -0.15) is 0 Å². The molecule has 1 unspecified atom stereocenters. The number of carbonyl (C=O) groups is 3. The van der Waals surface area contributed by atoms with E-state index in [1.54, 1.807) is 0 Å². The van der Waals surface area contributed by atoms with E-state index >= 15 is 0 Å². The predicted molar refractivity (Wildman–Crippen MR) is 311 cm³/mol. The smallest absolute Gasteiger partial charge is 0.306 e. The summed E-state index contributed by atoms with van der Waals surface area (Å²) in [7, 11) is 0. The van der Waals surface area contributed by atoms with Crippen LogP contribution in [0.3, 0.4) is 0 Å². The number of unbranched alkanes of at least 4 members (excludes halogenated alkanes) is 33. The highest BCUT2D eigenvalue weighted by Gasteiger charge is 2.19. The Morgan fingerprint density at radius 3 is 0.847 bits per heavy atom. The molecule has 6 nitrogen and oxygen atoms in total. The van der Waals surface area contributed by atoms with Crippen molar-refractivity contribution in [2.75, 3.05) is 13.2 Å². The molecular weight excluding hydrogens is 889 g/mol. The van der Waals surface area contributed by atoms with Gasteiger partial charge in [0.2, 0.25) is 0 Å². The van der Waals surface area contributed by atoms with Gasteiger partial charge in [0.1, 0.15) is 13.2 Å². The molecule has 0 radical (unpaired) electrons. The number of allylic oxidation sites excluding steroid dienone is 12. The van der Waals surface area contributed by atoms with Crippen LogP contribution in [0.4, 0.5) is 0 Å². The lowest BCUT2D eigenvalue weighted by Crippen LogP contribution is -2.30. The zero-order valence-corrected chi connectivity index (χ0v) is 47.7. The van der Waals surface area contributed by atoms with Gasteiger partial charge in [-0.1, -0.05) is 280 Å². The number of hydrogen-bond acceptors (Lipinski definition) is 6. The van der Waals surface area contributed by atoms with Gasteiger partial charge < -0.3 is 14.2 Å². The summed E-state index contributed by atoms with van der Waals surface area (Å²) in [5.74, 6) is -0.896. The summed E-state index contributed by atoms with van der Waals surface area (Å²) >= 11 is 0. The molecule has 0 aromatic heterocycles. The zero-order valence-electron chi connectivity index (χ0n) is 47.7. The first-order valence-corrected chi connectivity index (χ1v) is 30.9. The minimum Gasteiger partial charge on any atom is -0.462 e. The molecule has 0 amide bonds. The molecule has 0 saturated carbocycles. The monoisotopic (exact) mass is 1000 g/mol. The van der Waals surface area contributed by atoms with Crippen molar-refractivity contribution in [3.63, 3.8) is 0 Å². The predicted octanol–water partition coefficient (Wildman–Crippen LogP) is 20.9. The van der Waals surface area contributed by atoms with Crippen molar-refractivity contribution >= 4 is 17.9 Å². The Morgan fingerprint density at radius 2 is 0.542 bits per heavy atom. The largest absolute Gasteiger partial charge is 0.462 e. The first-order valence-electron chi connectivity index (χ1n) is 30.9. The van der Waals surface area contributed by atoms with E-state index in [9.17, 15) is 14.4 Å². The van der Waals surface area contributed by atoms with Crippen LogP contribution in [-0.4, -0.2) is 37.2 Å². The fraction of sp³-hybridized carbons (Fsp3) is 0.773. The number of hydrogen-bond donors (Lipinski definition) is 0. The average Bonchev–Trinajstić information content (AvgIpc) is 3.38. The normalized spacial score (nSPS) is 12.5. The maximum Gasteiger partial charge on any atom is 0.306 e. The van der Waals surface area contributed by atoms with E-state index in [1.807, 2.05) is 0 Å². The minimum atomic E-state index is -0.788. The second-order valence-electron chi connectivity index (χ2n) is 20.6. The Hall–Kier alpha value is -3.15. The van der Waals surface area contributed by atoms with Crippen molar-refractivity contribution in [1.82, 2.24) is 0 Å². The summed E-state index contributed by atoms with van der Waals surface area (Å²) in [6, 6.07) is 0. The highest BCUT2D eigenvalue weighted by molar-refractivity contribution is 5.71. The fourth-order valence-electron chi connectivity index (χ4n) is 8.89. The Bertz CT molecular complexity index is 1340. The molecule has 0 rings (SSSR count). The molecule has 0 saturated heterocycles. The number of carbonyl (C=O) groups excluding carboxylic acids is 3. The van der Waals surface area contributed by atoms with Gasteiger partial charge in [0.05, 0.1) is 0 Å². The van der Waals surface area contributed by atoms with Crippen LogP contribution in [0.1, 0.15) is 310 Å². The highest BCUT2D eigenvalue weighted by atomic mass is 16.6. The van der Waals surface area contributed by atoms with Crippen LogP contribution in [0.5, 0.6) is 0 Å². The summed E-state index contributed by atoms with van der Waals surface area (Å²) in [6.45, 7) is 6.44. The third kappa shape index (κ3) is 57.7. The maximum atomic E-state index is 12.9. The Kier molecular flexibility index (Phi) is 57.8. The summed E-state index contributed by atoms with van der Waals surface area (Å²) in [5.41, 5.74) is 0. The quantitative estimate of drug-likeness (QED) is 0.0261. The lowest BCUT2D eigenvalue weighted by Gasteiger charge is -2.18. The van der Waals surface area contributed by atoms with Crippen molar-refractivity contribution in [3.05, 3.63) is 72.9 Å². The number of rotatable bonds is 56. The highest BCUT2D eigenvalue weighted by Crippen LogP contribution is 2.17. The van der Waals surface area contributed by atoms with Crippen molar-refractivity contribution in [2.45, 2.75) is 316 Å².